The second kappa shape index (κ2) is 6.35. The van der Waals surface area contributed by atoms with Crippen molar-refractivity contribution in [3.05, 3.63) is 16.3 Å². The summed E-state index contributed by atoms with van der Waals surface area (Å²) in [4.78, 5) is 35.8. The van der Waals surface area contributed by atoms with Crippen LogP contribution >= 0.6 is 34.9 Å². The number of amides is 2. The maximum Gasteiger partial charge on any atom is 0.352 e. The minimum atomic E-state index is -1.55. The maximum atomic E-state index is 12.3. The maximum absolute atomic E-state index is 12.3. The molecular formula is C12H13N5O4S3. The normalized spacial score (nSPS) is 26.0. The van der Waals surface area contributed by atoms with Crippen LogP contribution in [0.5, 0.6) is 0 Å². The van der Waals surface area contributed by atoms with Crippen molar-refractivity contribution in [1.82, 2.24) is 20.4 Å². The molecule has 0 spiro atoms. The van der Waals surface area contributed by atoms with Gasteiger partial charge in [-0.2, -0.15) is 0 Å². The second-order valence-corrected chi connectivity index (χ2v) is 8.58. The van der Waals surface area contributed by atoms with E-state index in [1.54, 1.807) is 0 Å². The summed E-state index contributed by atoms with van der Waals surface area (Å²) in [5, 5.41) is 19.9. The summed E-state index contributed by atoms with van der Waals surface area (Å²) in [6.07, 6.45) is 0.350. The molecule has 0 radical (unpaired) electrons. The number of hydrogen-bond acceptors (Lipinski definition) is 9. The fourth-order valence-electron chi connectivity index (χ4n) is 2.47. The van der Waals surface area contributed by atoms with Crippen molar-refractivity contribution in [3.63, 3.8) is 0 Å². The number of carbonyl (C=O) groups is 3. The third-order valence-corrected chi connectivity index (χ3v) is 7.04. The van der Waals surface area contributed by atoms with Crippen LogP contribution in [0.3, 0.4) is 0 Å². The second-order valence-electron chi connectivity index (χ2n) is 5.10. The van der Waals surface area contributed by atoms with Crippen LogP contribution in [0.25, 0.3) is 0 Å². The summed E-state index contributed by atoms with van der Waals surface area (Å²) in [7, 11) is 0. The fourth-order valence-corrected chi connectivity index (χ4v) is 5.81. The highest BCUT2D eigenvalue weighted by Crippen LogP contribution is 2.44. The predicted octanol–water partition coefficient (Wildman–Crippen LogP) is -0.407. The first kappa shape index (κ1) is 17.2. The standard InChI is InChI=1S/C12H13N5O4S3/c1-5-15-16-11(24-5)23-3-6-2-22-10-12(13,14-4-18)9(21)17(10)7(6)8(19)20/h4,10H,2-3,13H2,1H3,(H,14,18)(H,19,20)/t10-,12-/m0/s1. The molecule has 24 heavy (non-hydrogen) atoms. The van der Waals surface area contributed by atoms with Crippen LogP contribution in [-0.2, 0) is 14.4 Å². The molecular weight excluding hydrogens is 374 g/mol. The Bertz CT molecular complexity index is 751. The van der Waals surface area contributed by atoms with E-state index in [0.717, 1.165) is 14.2 Å². The van der Waals surface area contributed by atoms with Gasteiger partial charge in [0, 0.05) is 11.5 Å². The number of carboxylic acid groups (broad SMARTS) is 1. The molecule has 2 atom stereocenters. The lowest BCUT2D eigenvalue weighted by Gasteiger charge is -2.54. The number of nitrogens with two attached hydrogens (primary N) is 1. The molecule has 0 aromatic carbocycles. The van der Waals surface area contributed by atoms with E-state index in [2.05, 4.69) is 15.5 Å². The Morgan fingerprint density at radius 2 is 2.38 bits per heavy atom. The lowest BCUT2D eigenvalue weighted by Crippen LogP contribution is -2.83. The van der Waals surface area contributed by atoms with Gasteiger partial charge in [0.25, 0.3) is 5.91 Å². The Morgan fingerprint density at radius 1 is 1.62 bits per heavy atom. The molecule has 0 bridgehead atoms. The Labute approximate surface area is 149 Å². The molecule has 0 unspecified atom stereocenters. The van der Waals surface area contributed by atoms with Gasteiger partial charge in [-0.25, -0.2) is 4.79 Å². The molecule has 0 saturated carbocycles. The number of aliphatic carboxylic acids is 1. The number of thioether (sulfide) groups is 2. The summed E-state index contributed by atoms with van der Waals surface area (Å²) in [6, 6.07) is 0. The Balaban J connectivity index is 1.83. The average molecular weight is 387 g/mol. The smallest absolute Gasteiger partial charge is 0.352 e. The van der Waals surface area contributed by atoms with Gasteiger partial charge in [-0.15, -0.1) is 22.0 Å². The number of carboxylic acids is 1. The van der Waals surface area contributed by atoms with Gasteiger partial charge in [0.05, 0.1) is 0 Å². The van der Waals surface area contributed by atoms with Crippen molar-refractivity contribution < 1.29 is 19.5 Å². The van der Waals surface area contributed by atoms with E-state index < -0.39 is 22.9 Å². The molecule has 128 valence electrons. The zero-order valence-electron chi connectivity index (χ0n) is 12.4. The molecule has 1 aromatic heterocycles. The summed E-state index contributed by atoms with van der Waals surface area (Å²) in [6.45, 7) is 1.84. The summed E-state index contributed by atoms with van der Waals surface area (Å²) >= 11 is 4.12. The molecule has 1 aromatic rings. The molecule has 2 aliphatic heterocycles. The zero-order chi connectivity index (χ0) is 17.5. The number of aryl methyl sites for hydroxylation is 1. The van der Waals surface area contributed by atoms with Crippen molar-refractivity contribution in [2.45, 2.75) is 22.3 Å². The van der Waals surface area contributed by atoms with Gasteiger partial charge < -0.3 is 10.4 Å². The number of β-lactam (4-membered cyclic amide) rings is 1. The predicted molar refractivity (Wildman–Crippen MR) is 89.2 cm³/mol. The van der Waals surface area contributed by atoms with E-state index >= 15 is 0 Å². The van der Waals surface area contributed by atoms with Crippen LogP contribution in [0.1, 0.15) is 5.01 Å². The highest BCUT2D eigenvalue weighted by atomic mass is 32.2. The lowest BCUT2D eigenvalue weighted by molar-refractivity contribution is -0.157. The van der Waals surface area contributed by atoms with E-state index in [9.17, 15) is 19.5 Å². The van der Waals surface area contributed by atoms with E-state index in [-0.39, 0.29) is 5.70 Å². The minimum Gasteiger partial charge on any atom is -0.477 e. The van der Waals surface area contributed by atoms with Gasteiger partial charge in [-0.1, -0.05) is 23.1 Å². The highest BCUT2D eigenvalue weighted by molar-refractivity contribution is 8.01. The molecule has 9 nitrogen and oxygen atoms in total. The van der Waals surface area contributed by atoms with Gasteiger partial charge in [-0.3, -0.25) is 20.2 Å². The van der Waals surface area contributed by atoms with Crippen molar-refractivity contribution >= 4 is 53.1 Å². The molecule has 1 saturated heterocycles. The van der Waals surface area contributed by atoms with E-state index in [1.165, 1.54) is 34.9 Å². The van der Waals surface area contributed by atoms with Crippen LogP contribution < -0.4 is 11.1 Å². The fraction of sp³-hybridized carbons (Fsp3) is 0.417. The van der Waals surface area contributed by atoms with Gasteiger partial charge in [-0.05, 0) is 12.5 Å². The first-order chi connectivity index (χ1) is 11.4. The Kier molecular flexibility index (Phi) is 4.55. The Hall–Kier alpha value is -1.63. The largest absolute Gasteiger partial charge is 0.477 e. The number of nitrogens with zero attached hydrogens (tertiary/aromatic N) is 3. The number of aromatic nitrogens is 2. The molecule has 12 heteroatoms. The van der Waals surface area contributed by atoms with Crippen molar-refractivity contribution in [2.24, 2.45) is 5.73 Å². The van der Waals surface area contributed by atoms with Gasteiger partial charge in [0.1, 0.15) is 16.1 Å². The summed E-state index contributed by atoms with van der Waals surface area (Å²) < 4.78 is 0.739. The number of rotatable bonds is 6. The number of hydrogen-bond donors (Lipinski definition) is 3. The summed E-state index contributed by atoms with van der Waals surface area (Å²) in [5.41, 5.74) is 4.89. The van der Waals surface area contributed by atoms with Crippen LogP contribution in [0.15, 0.2) is 15.6 Å². The van der Waals surface area contributed by atoms with E-state index in [0.29, 0.717) is 23.5 Å². The molecule has 3 heterocycles. The average Bonchev–Trinajstić information content (AvgIpc) is 2.97. The van der Waals surface area contributed by atoms with Crippen LogP contribution in [0.4, 0.5) is 0 Å². The van der Waals surface area contributed by atoms with Crippen molar-refractivity contribution in [2.75, 3.05) is 11.5 Å². The van der Waals surface area contributed by atoms with Gasteiger partial charge in [0.2, 0.25) is 12.1 Å². The lowest BCUT2D eigenvalue weighted by atomic mass is 9.97. The van der Waals surface area contributed by atoms with Gasteiger partial charge in [0.15, 0.2) is 4.34 Å². The molecule has 3 rings (SSSR count). The summed E-state index contributed by atoms with van der Waals surface area (Å²) in [5.74, 6) is -1.02. The zero-order valence-corrected chi connectivity index (χ0v) is 14.8. The highest BCUT2D eigenvalue weighted by Gasteiger charge is 2.62. The van der Waals surface area contributed by atoms with E-state index in [4.69, 9.17) is 5.73 Å². The van der Waals surface area contributed by atoms with Crippen molar-refractivity contribution in [3.8, 4) is 0 Å². The van der Waals surface area contributed by atoms with Crippen LogP contribution in [-0.4, -0.2) is 61.0 Å². The topological polar surface area (TPSA) is 139 Å². The first-order valence-electron chi connectivity index (χ1n) is 6.72. The van der Waals surface area contributed by atoms with Crippen molar-refractivity contribution in [1.29, 1.82) is 0 Å². The number of nitrogens with one attached hydrogen (secondary N) is 1. The van der Waals surface area contributed by atoms with Crippen LogP contribution in [0, 0.1) is 6.92 Å². The quantitative estimate of drug-likeness (QED) is 0.257. The molecule has 0 aliphatic carbocycles. The molecule has 4 N–H and O–H groups in total. The third kappa shape index (κ3) is 2.68. The Morgan fingerprint density at radius 3 is 2.96 bits per heavy atom. The van der Waals surface area contributed by atoms with Crippen LogP contribution in [0.2, 0.25) is 0 Å². The molecule has 2 amide bonds. The molecule has 1 fully saturated rings. The SMILES string of the molecule is Cc1nnc(SCC2=C(C(=O)O)N3C(=O)[C@](N)(NC=O)[C@@H]3SC2)s1. The monoisotopic (exact) mass is 387 g/mol. The first-order valence-corrected chi connectivity index (χ1v) is 9.57. The van der Waals surface area contributed by atoms with Gasteiger partial charge >= 0.3 is 5.97 Å². The number of fused-ring (bicyclic) bond motifs is 1. The van der Waals surface area contributed by atoms with E-state index in [1.807, 2.05) is 6.92 Å². The third-order valence-electron chi connectivity index (χ3n) is 3.57. The molecule has 2 aliphatic rings. The minimum absolute atomic E-state index is 0.0636. The number of carbonyl (C=O) groups excluding carboxylic acids is 2.